The molecule has 0 saturated carbocycles. The first kappa shape index (κ1) is 15.3. The zero-order valence-corrected chi connectivity index (χ0v) is 13.2. The molecule has 0 radical (unpaired) electrons. The average molecular weight is 250 g/mol. The van der Waals surface area contributed by atoms with Crippen molar-refractivity contribution in [3.05, 3.63) is 0 Å². The lowest BCUT2D eigenvalue weighted by Gasteiger charge is -2.30. The fourth-order valence-electron chi connectivity index (χ4n) is 1.33. The van der Waals surface area contributed by atoms with E-state index < -0.39 is 16.9 Å². The summed E-state index contributed by atoms with van der Waals surface area (Å²) in [7, 11) is -0.0440. The van der Waals surface area contributed by atoms with Crippen molar-refractivity contribution < 1.29 is 13.3 Å². The Morgan fingerprint density at radius 1 is 0.933 bits per heavy atom. The first-order chi connectivity index (χ1) is 6.74. The Bertz CT molecular complexity index is 174. The van der Waals surface area contributed by atoms with Gasteiger partial charge in [-0.25, -0.2) is 0 Å². The molecule has 0 spiro atoms. The zero-order chi connectivity index (χ0) is 12.1. The van der Waals surface area contributed by atoms with Crippen LogP contribution in [0.2, 0.25) is 31.7 Å². The van der Waals surface area contributed by atoms with Crippen LogP contribution in [0.5, 0.6) is 0 Å². The maximum absolute atomic E-state index is 5.85. The van der Waals surface area contributed by atoms with Crippen LogP contribution in [0.3, 0.4) is 0 Å². The van der Waals surface area contributed by atoms with Crippen LogP contribution in [0.25, 0.3) is 0 Å². The van der Waals surface area contributed by atoms with Gasteiger partial charge >= 0.3 is 8.80 Å². The van der Waals surface area contributed by atoms with E-state index in [-0.39, 0.29) is 6.10 Å². The summed E-state index contributed by atoms with van der Waals surface area (Å²) < 4.78 is 16.9. The smallest absolute Gasteiger partial charge is 0.377 e. The summed E-state index contributed by atoms with van der Waals surface area (Å²) in [6, 6.07) is 2.13. The third-order valence-corrected chi connectivity index (χ3v) is 7.41. The fourth-order valence-corrected chi connectivity index (χ4v) is 7.16. The van der Waals surface area contributed by atoms with Gasteiger partial charge in [-0.05, 0) is 13.8 Å². The standard InChI is InChI=1S/C10H26O3Si2/c1-10(2)13-15(11-3,12-4)9-8-14(5,6)7/h10H,8-9H2,1-7H3. The van der Waals surface area contributed by atoms with Gasteiger partial charge in [0.05, 0.1) is 0 Å². The van der Waals surface area contributed by atoms with Gasteiger partial charge in [-0.3, -0.25) is 0 Å². The van der Waals surface area contributed by atoms with Crippen molar-refractivity contribution in [2.75, 3.05) is 14.2 Å². The minimum absolute atomic E-state index is 0.165. The molecule has 0 aromatic carbocycles. The van der Waals surface area contributed by atoms with Crippen molar-refractivity contribution in [3.63, 3.8) is 0 Å². The van der Waals surface area contributed by atoms with Crippen molar-refractivity contribution >= 4 is 16.9 Å². The normalized spacial score (nSPS) is 13.6. The van der Waals surface area contributed by atoms with Gasteiger partial charge in [-0.1, -0.05) is 25.7 Å². The summed E-state index contributed by atoms with van der Waals surface area (Å²) in [4.78, 5) is 0. The molecule has 0 aliphatic heterocycles. The molecule has 0 atom stereocenters. The van der Waals surface area contributed by atoms with E-state index in [1.54, 1.807) is 14.2 Å². The van der Waals surface area contributed by atoms with E-state index in [1.165, 1.54) is 6.04 Å². The van der Waals surface area contributed by atoms with Crippen molar-refractivity contribution in [3.8, 4) is 0 Å². The Morgan fingerprint density at radius 2 is 1.40 bits per heavy atom. The van der Waals surface area contributed by atoms with E-state index >= 15 is 0 Å². The summed E-state index contributed by atoms with van der Waals surface area (Å²) in [6.45, 7) is 11.1. The van der Waals surface area contributed by atoms with Gasteiger partial charge in [0, 0.05) is 34.4 Å². The molecular formula is C10H26O3Si2. The molecule has 0 aromatic heterocycles. The van der Waals surface area contributed by atoms with Crippen molar-refractivity contribution in [1.29, 1.82) is 0 Å². The summed E-state index contributed by atoms with van der Waals surface area (Å²) in [5.41, 5.74) is 0. The van der Waals surface area contributed by atoms with Crippen molar-refractivity contribution in [2.24, 2.45) is 0 Å². The molecule has 0 rings (SSSR count). The highest BCUT2D eigenvalue weighted by atomic mass is 28.4. The lowest BCUT2D eigenvalue weighted by Crippen LogP contribution is -2.46. The van der Waals surface area contributed by atoms with Gasteiger partial charge in [0.1, 0.15) is 0 Å². The fraction of sp³-hybridized carbons (Fsp3) is 1.00. The van der Waals surface area contributed by atoms with E-state index in [2.05, 4.69) is 19.6 Å². The average Bonchev–Trinajstić information content (AvgIpc) is 2.10. The Labute approximate surface area is 96.5 Å². The highest BCUT2D eigenvalue weighted by molar-refractivity contribution is 6.77. The lowest BCUT2D eigenvalue weighted by atomic mass is 10.5. The number of rotatable bonds is 7. The molecule has 0 aromatic rings. The number of hydrogen-bond acceptors (Lipinski definition) is 3. The summed E-state index contributed by atoms with van der Waals surface area (Å²) in [6.07, 6.45) is 0.165. The molecule has 5 heteroatoms. The third kappa shape index (κ3) is 6.47. The van der Waals surface area contributed by atoms with Gasteiger partial charge in [0.2, 0.25) is 0 Å². The Balaban J connectivity index is 4.37. The minimum atomic E-state index is -2.38. The van der Waals surface area contributed by atoms with Gasteiger partial charge < -0.3 is 13.3 Å². The first-order valence-corrected chi connectivity index (χ1v) is 11.2. The Kier molecular flexibility index (Phi) is 6.28. The van der Waals surface area contributed by atoms with E-state index in [4.69, 9.17) is 13.3 Å². The van der Waals surface area contributed by atoms with Crippen LogP contribution in [0.15, 0.2) is 0 Å². The quantitative estimate of drug-likeness (QED) is 0.650. The van der Waals surface area contributed by atoms with Gasteiger partial charge in [-0.2, -0.15) is 0 Å². The van der Waals surface area contributed by atoms with Gasteiger partial charge in [0.15, 0.2) is 0 Å². The second-order valence-electron chi connectivity index (χ2n) is 5.32. The lowest BCUT2D eigenvalue weighted by molar-refractivity contribution is 0.0711. The van der Waals surface area contributed by atoms with Crippen LogP contribution in [-0.2, 0) is 13.3 Å². The van der Waals surface area contributed by atoms with Crippen LogP contribution < -0.4 is 0 Å². The van der Waals surface area contributed by atoms with Crippen molar-refractivity contribution in [2.45, 2.75) is 51.7 Å². The molecule has 0 unspecified atom stereocenters. The van der Waals surface area contributed by atoms with Crippen LogP contribution in [0.4, 0.5) is 0 Å². The molecule has 0 heterocycles. The molecular weight excluding hydrogens is 224 g/mol. The molecule has 0 saturated heterocycles. The molecule has 0 N–H and O–H groups in total. The second-order valence-corrected chi connectivity index (χ2v) is 13.9. The van der Waals surface area contributed by atoms with Crippen LogP contribution >= 0.6 is 0 Å². The molecule has 92 valence electrons. The molecule has 0 bridgehead atoms. The zero-order valence-electron chi connectivity index (χ0n) is 11.2. The molecule has 0 aliphatic carbocycles. The molecule has 0 amide bonds. The highest BCUT2D eigenvalue weighted by Crippen LogP contribution is 2.23. The molecule has 0 aliphatic rings. The second kappa shape index (κ2) is 6.15. The van der Waals surface area contributed by atoms with Crippen LogP contribution in [0.1, 0.15) is 13.8 Å². The topological polar surface area (TPSA) is 27.7 Å². The van der Waals surface area contributed by atoms with Crippen molar-refractivity contribution in [1.82, 2.24) is 0 Å². The third-order valence-electron chi connectivity index (χ3n) is 2.22. The van der Waals surface area contributed by atoms with E-state index in [0.717, 1.165) is 6.04 Å². The van der Waals surface area contributed by atoms with Crippen LogP contribution in [-0.4, -0.2) is 37.2 Å². The van der Waals surface area contributed by atoms with E-state index in [0.29, 0.717) is 0 Å². The van der Waals surface area contributed by atoms with Gasteiger partial charge in [-0.15, -0.1) is 0 Å². The van der Waals surface area contributed by atoms with E-state index in [9.17, 15) is 0 Å². The first-order valence-electron chi connectivity index (χ1n) is 5.53. The predicted molar refractivity (Wildman–Crippen MR) is 69.0 cm³/mol. The minimum Gasteiger partial charge on any atom is -0.377 e. The summed E-state index contributed by atoms with van der Waals surface area (Å²) in [5.74, 6) is 0. The SMILES string of the molecule is CO[Si](CC[Si](C)(C)C)(OC)OC(C)C. The molecule has 0 fully saturated rings. The molecule has 3 nitrogen and oxygen atoms in total. The van der Waals surface area contributed by atoms with Gasteiger partial charge in [0.25, 0.3) is 0 Å². The maximum atomic E-state index is 5.85. The monoisotopic (exact) mass is 250 g/mol. The largest absolute Gasteiger partial charge is 0.500 e. The molecule has 15 heavy (non-hydrogen) atoms. The Hall–Kier alpha value is 0.314. The van der Waals surface area contributed by atoms with Crippen LogP contribution in [0, 0.1) is 0 Å². The maximum Gasteiger partial charge on any atom is 0.500 e. The summed E-state index contributed by atoms with van der Waals surface area (Å²) >= 11 is 0. The number of hydrogen-bond donors (Lipinski definition) is 0. The van der Waals surface area contributed by atoms with E-state index in [1.807, 2.05) is 13.8 Å². The summed E-state index contributed by atoms with van der Waals surface area (Å²) in [5, 5.41) is 0. The Morgan fingerprint density at radius 3 is 1.67 bits per heavy atom. The predicted octanol–water partition coefficient (Wildman–Crippen LogP) is 2.98. The highest BCUT2D eigenvalue weighted by Gasteiger charge is 2.40.